The number of hydrogen-bond donors (Lipinski definition) is 1. The van der Waals surface area contributed by atoms with Crippen molar-refractivity contribution in [1.82, 2.24) is 30.0 Å². The van der Waals surface area contributed by atoms with Crippen molar-refractivity contribution >= 4 is 11.6 Å². The fourth-order valence-corrected chi connectivity index (χ4v) is 4.83. The topological polar surface area (TPSA) is 84.6 Å². The molecule has 1 N–H and O–H groups in total. The molecule has 2 aliphatic heterocycles. The van der Waals surface area contributed by atoms with Gasteiger partial charge >= 0.3 is 0 Å². The van der Waals surface area contributed by atoms with Crippen LogP contribution in [-0.4, -0.2) is 62.4 Å². The minimum absolute atomic E-state index is 0.0587. The van der Waals surface area contributed by atoms with E-state index in [1.165, 1.54) is 45.2 Å². The first-order chi connectivity index (χ1) is 14.6. The standard InChI is InChI=1S/C22H34N6O2/c1-16(2)30-22-12-11-20-25-24-19(28(20)26-22)9-5-10-21(29)23-15-17-7-6-14-27-13-4-3-8-18(17)27/h11-12,16-18H,3-10,13-15H2,1-2H3,(H,23,29)/t17-,18-/m1/s1. The summed E-state index contributed by atoms with van der Waals surface area (Å²) < 4.78 is 7.38. The third-order valence-electron chi connectivity index (χ3n) is 6.25. The predicted octanol–water partition coefficient (Wildman–Crippen LogP) is 2.61. The number of nitrogens with zero attached hydrogens (tertiary/aromatic N) is 5. The third kappa shape index (κ3) is 5.09. The second-order valence-corrected chi connectivity index (χ2v) is 8.88. The molecule has 0 bridgehead atoms. The maximum Gasteiger partial charge on any atom is 0.232 e. The second-order valence-electron chi connectivity index (χ2n) is 8.88. The van der Waals surface area contributed by atoms with Crippen LogP contribution in [0, 0.1) is 5.92 Å². The van der Waals surface area contributed by atoms with Crippen LogP contribution in [0.25, 0.3) is 5.65 Å². The Kier molecular flexibility index (Phi) is 6.82. The van der Waals surface area contributed by atoms with Gasteiger partial charge in [0.2, 0.25) is 11.8 Å². The number of hydrogen-bond acceptors (Lipinski definition) is 6. The average Bonchev–Trinajstić information content (AvgIpc) is 3.14. The lowest BCUT2D eigenvalue weighted by Crippen LogP contribution is -2.50. The van der Waals surface area contributed by atoms with Gasteiger partial charge in [-0.2, -0.15) is 4.52 Å². The van der Waals surface area contributed by atoms with E-state index in [1.54, 1.807) is 10.6 Å². The smallest absolute Gasteiger partial charge is 0.232 e. The molecule has 2 fully saturated rings. The molecule has 0 aromatic carbocycles. The van der Waals surface area contributed by atoms with Crippen molar-refractivity contribution < 1.29 is 9.53 Å². The van der Waals surface area contributed by atoms with Crippen molar-refractivity contribution in [2.24, 2.45) is 5.92 Å². The maximum atomic E-state index is 12.4. The monoisotopic (exact) mass is 414 g/mol. The van der Waals surface area contributed by atoms with Crippen molar-refractivity contribution in [2.75, 3.05) is 19.6 Å². The molecule has 8 nitrogen and oxygen atoms in total. The van der Waals surface area contributed by atoms with E-state index in [0.717, 1.165) is 18.8 Å². The number of fused-ring (bicyclic) bond motifs is 2. The molecule has 2 atom stereocenters. The summed E-state index contributed by atoms with van der Waals surface area (Å²) in [6, 6.07) is 4.33. The van der Waals surface area contributed by atoms with E-state index in [9.17, 15) is 4.79 Å². The highest BCUT2D eigenvalue weighted by Gasteiger charge is 2.32. The number of nitrogens with one attached hydrogen (secondary N) is 1. The van der Waals surface area contributed by atoms with Crippen LogP contribution in [-0.2, 0) is 11.2 Å². The number of aromatic nitrogens is 4. The second kappa shape index (κ2) is 9.73. The van der Waals surface area contributed by atoms with E-state index in [4.69, 9.17) is 4.74 Å². The molecule has 1 amide bonds. The summed E-state index contributed by atoms with van der Waals surface area (Å²) in [4.78, 5) is 15.1. The zero-order valence-electron chi connectivity index (χ0n) is 18.2. The summed E-state index contributed by atoms with van der Waals surface area (Å²) in [5.74, 6) is 2.05. The predicted molar refractivity (Wildman–Crippen MR) is 114 cm³/mol. The number of piperidine rings is 2. The fraction of sp³-hybridized carbons (Fsp3) is 0.727. The lowest BCUT2D eigenvalue weighted by Gasteiger charge is -2.44. The van der Waals surface area contributed by atoms with Crippen molar-refractivity contribution in [2.45, 2.75) is 77.4 Å². The Balaban J connectivity index is 1.24. The number of ether oxygens (including phenoxy) is 1. The Bertz CT molecular complexity index is 849. The molecular weight excluding hydrogens is 380 g/mol. The van der Waals surface area contributed by atoms with Gasteiger partial charge in [-0.3, -0.25) is 4.79 Å². The largest absolute Gasteiger partial charge is 0.474 e. The van der Waals surface area contributed by atoms with Crippen LogP contribution < -0.4 is 10.1 Å². The molecule has 0 saturated carbocycles. The SMILES string of the molecule is CC(C)Oc1ccc2nnc(CCCC(=O)NC[C@H]3CCCN4CCCC[C@H]34)n2n1. The number of aryl methyl sites for hydroxylation is 1. The maximum absolute atomic E-state index is 12.4. The lowest BCUT2D eigenvalue weighted by atomic mass is 9.83. The lowest BCUT2D eigenvalue weighted by molar-refractivity contribution is -0.121. The molecule has 2 aromatic heterocycles. The van der Waals surface area contributed by atoms with Crippen LogP contribution in [0.2, 0.25) is 0 Å². The van der Waals surface area contributed by atoms with Gasteiger partial charge in [0.15, 0.2) is 11.5 Å². The Morgan fingerprint density at radius 3 is 2.93 bits per heavy atom. The van der Waals surface area contributed by atoms with Crippen LogP contribution in [0.15, 0.2) is 12.1 Å². The molecule has 30 heavy (non-hydrogen) atoms. The van der Waals surface area contributed by atoms with E-state index in [1.807, 2.05) is 19.9 Å². The first kappa shape index (κ1) is 21.0. The minimum Gasteiger partial charge on any atom is -0.474 e. The molecule has 4 rings (SSSR count). The number of carbonyl (C=O) groups is 1. The average molecular weight is 415 g/mol. The molecule has 0 aliphatic carbocycles. The van der Waals surface area contributed by atoms with E-state index in [-0.39, 0.29) is 12.0 Å². The molecule has 2 aromatic rings. The van der Waals surface area contributed by atoms with Crippen molar-refractivity contribution in [3.05, 3.63) is 18.0 Å². The van der Waals surface area contributed by atoms with Crippen molar-refractivity contribution in [3.63, 3.8) is 0 Å². The molecule has 164 valence electrons. The number of rotatable bonds is 8. The Morgan fingerprint density at radius 1 is 1.20 bits per heavy atom. The van der Waals surface area contributed by atoms with Crippen molar-refractivity contribution in [1.29, 1.82) is 0 Å². The zero-order chi connectivity index (χ0) is 20.9. The molecule has 2 saturated heterocycles. The van der Waals surface area contributed by atoms with Gasteiger partial charge in [0, 0.05) is 31.5 Å². The fourth-order valence-electron chi connectivity index (χ4n) is 4.83. The minimum atomic E-state index is 0.0587. The third-order valence-corrected chi connectivity index (χ3v) is 6.25. The van der Waals surface area contributed by atoms with Gasteiger partial charge in [-0.25, -0.2) is 0 Å². The molecule has 0 unspecified atom stereocenters. The normalized spacial score (nSPS) is 22.2. The summed E-state index contributed by atoms with van der Waals surface area (Å²) in [6.45, 7) is 7.22. The molecule has 0 radical (unpaired) electrons. The van der Waals surface area contributed by atoms with Crippen LogP contribution >= 0.6 is 0 Å². The first-order valence-corrected chi connectivity index (χ1v) is 11.5. The highest BCUT2D eigenvalue weighted by molar-refractivity contribution is 5.75. The van der Waals surface area contributed by atoms with E-state index in [0.29, 0.717) is 36.3 Å². The van der Waals surface area contributed by atoms with Gasteiger partial charge in [-0.15, -0.1) is 15.3 Å². The summed E-state index contributed by atoms with van der Waals surface area (Å²) in [5, 5.41) is 16.1. The number of amides is 1. The zero-order valence-corrected chi connectivity index (χ0v) is 18.2. The molecule has 4 heterocycles. The molecule has 8 heteroatoms. The van der Waals surface area contributed by atoms with Gasteiger partial charge in [0.1, 0.15) is 0 Å². The van der Waals surface area contributed by atoms with Gasteiger partial charge in [-0.1, -0.05) is 6.42 Å². The van der Waals surface area contributed by atoms with Crippen LogP contribution in [0.5, 0.6) is 5.88 Å². The van der Waals surface area contributed by atoms with E-state index < -0.39 is 0 Å². The first-order valence-electron chi connectivity index (χ1n) is 11.5. The quantitative estimate of drug-likeness (QED) is 0.715. The van der Waals surface area contributed by atoms with Gasteiger partial charge in [0.25, 0.3) is 0 Å². The molecule has 2 aliphatic rings. The van der Waals surface area contributed by atoms with E-state index >= 15 is 0 Å². The van der Waals surface area contributed by atoms with Gasteiger partial charge in [0.05, 0.1) is 6.10 Å². The van der Waals surface area contributed by atoms with Crippen LogP contribution in [0.4, 0.5) is 0 Å². The summed E-state index contributed by atoms with van der Waals surface area (Å²) >= 11 is 0. The Morgan fingerprint density at radius 2 is 2.07 bits per heavy atom. The highest BCUT2D eigenvalue weighted by atomic mass is 16.5. The summed E-state index contributed by atoms with van der Waals surface area (Å²) in [7, 11) is 0. The molecular formula is C22H34N6O2. The van der Waals surface area contributed by atoms with Crippen LogP contribution in [0.1, 0.15) is 64.6 Å². The summed E-state index contributed by atoms with van der Waals surface area (Å²) in [6.07, 6.45) is 8.38. The Labute approximate surface area is 178 Å². The van der Waals surface area contributed by atoms with Gasteiger partial charge < -0.3 is 15.0 Å². The van der Waals surface area contributed by atoms with Crippen LogP contribution in [0.3, 0.4) is 0 Å². The van der Waals surface area contributed by atoms with E-state index in [2.05, 4.69) is 25.5 Å². The highest BCUT2D eigenvalue weighted by Crippen LogP contribution is 2.30. The summed E-state index contributed by atoms with van der Waals surface area (Å²) in [5.41, 5.74) is 0.694. The molecule has 0 spiro atoms. The van der Waals surface area contributed by atoms with Crippen molar-refractivity contribution in [3.8, 4) is 5.88 Å². The van der Waals surface area contributed by atoms with Gasteiger partial charge in [-0.05, 0) is 71.0 Å². The number of carbonyl (C=O) groups excluding carboxylic acids is 1. The Hall–Kier alpha value is -2.22.